The van der Waals surface area contributed by atoms with E-state index in [1.165, 1.54) is 0 Å². The largest absolute Gasteiger partial charge is 0.489 e. The Bertz CT molecular complexity index is 567. The van der Waals surface area contributed by atoms with Gasteiger partial charge in [-0.05, 0) is 35.9 Å². The zero-order valence-electron chi connectivity index (χ0n) is 9.40. The Hall–Kier alpha value is -1.13. The molecular formula is C14H10Br2O2. The smallest absolute Gasteiger partial charge is 0.151 e. The van der Waals surface area contributed by atoms with Crippen LogP contribution < -0.4 is 4.74 Å². The summed E-state index contributed by atoms with van der Waals surface area (Å²) in [6.45, 7) is 0.472. The molecule has 0 radical (unpaired) electrons. The lowest BCUT2D eigenvalue weighted by atomic mass is 10.2. The molecule has 0 unspecified atom stereocenters. The van der Waals surface area contributed by atoms with Crippen LogP contribution in [0.3, 0.4) is 0 Å². The maximum atomic E-state index is 10.8. The third kappa shape index (κ3) is 3.43. The number of carbonyl (C=O) groups is 1. The molecular weight excluding hydrogens is 360 g/mol. The number of hydrogen-bond donors (Lipinski definition) is 0. The van der Waals surface area contributed by atoms with Crippen molar-refractivity contribution in [1.29, 1.82) is 0 Å². The number of carbonyl (C=O) groups excluding carboxylic acids is 1. The SMILES string of the molecule is O=Cc1cc(OCc2cccc(Br)c2)ccc1Br. The first-order valence-corrected chi connectivity index (χ1v) is 6.89. The van der Waals surface area contributed by atoms with Gasteiger partial charge in [0.25, 0.3) is 0 Å². The van der Waals surface area contributed by atoms with Gasteiger partial charge in [0.15, 0.2) is 6.29 Å². The van der Waals surface area contributed by atoms with Gasteiger partial charge in [-0.1, -0.05) is 44.0 Å². The topological polar surface area (TPSA) is 26.3 Å². The number of ether oxygens (including phenoxy) is 1. The molecule has 92 valence electrons. The summed E-state index contributed by atoms with van der Waals surface area (Å²) in [5.41, 5.74) is 1.65. The average Bonchev–Trinajstić information content (AvgIpc) is 2.38. The van der Waals surface area contributed by atoms with Gasteiger partial charge in [0.1, 0.15) is 12.4 Å². The molecule has 18 heavy (non-hydrogen) atoms. The van der Waals surface area contributed by atoms with Gasteiger partial charge in [0, 0.05) is 14.5 Å². The van der Waals surface area contributed by atoms with E-state index in [0.29, 0.717) is 17.9 Å². The third-order valence-electron chi connectivity index (χ3n) is 2.39. The lowest BCUT2D eigenvalue weighted by molar-refractivity contribution is 0.112. The molecule has 0 saturated carbocycles. The van der Waals surface area contributed by atoms with Crippen molar-refractivity contribution >= 4 is 38.1 Å². The van der Waals surface area contributed by atoms with E-state index in [-0.39, 0.29) is 0 Å². The van der Waals surface area contributed by atoms with E-state index < -0.39 is 0 Å². The number of aldehydes is 1. The van der Waals surface area contributed by atoms with Crippen molar-refractivity contribution in [1.82, 2.24) is 0 Å². The summed E-state index contributed by atoms with van der Waals surface area (Å²) in [5.74, 6) is 0.681. The predicted molar refractivity (Wildman–Crippen MR) is 78.0 cm³/mol. The molecule has 0 heterocycles. The predicted octanol–water partition coefficient (Wildman–Crippen LogP) is 4.60. The van der Waals surface area contributed by atoms with Crippen LogP contribution in [0.25, 0.3) is 0 Å². The zero-order valence-corrected chi connectivity index (χ0v) is 12.6. The summed E-state index contributed by atoms with van der Waals surface area (Å²) in [7, 11) is 0. The molecule has 0 bridgehead atoms. The Morgan fingerprint density at radius 2 is 1.94 bits per heavy atom. The Labute approximate surface area is 122 Å². The minimum Gasteiger partial charge on any atom is -0.489 e. The second-order valence-corrected chi connectivity index (χ2v) is 5.49. The van der Waals surface area contributed by atoms with Gasteiger partial charge >= 0.3 is 0 Å². The van der Waals surface area contributed by atoms with Gasteiger partial charge in [-0.2, -0.15) is 0 Å². The maximum Gasteiger partial charge on any atom is 0.151 e. The van der Waals surface area contributed by atoms with Crippen LogP contribution in [0.2, 0.25) is 0 Å². The fourth-order valence-corrected chi connectivity index (χ4v) is 2.28. The minimum atomic E-state index is 0.472. The van der Waals surface area contributed by atoms with Crippen molar-refractivity contribution in [2.45, 2.75) is 6.61 Å². The zero-order chi connectivity index (χ0) is 13.0. The first kappa shape index (κ1) is 13.3. The van der Waals surface area contributed by atoms with Crippen LogP contribution in [0.15, 0.2) is 51.4 Å². The minimum absolute atomic E-state index is 0.472. The highest BCUT2D eigenvalue weighted by molar-refractivity contribution is 9.10. The first-order valence-electron chi connectivity index (χ1n) is 5.31. The summed E-state index contributed by atoms with van der Waals surface area (Å²) >= 11 is 6.72. The van der Waals surface area contributed by atoms with Crippen LogP contribution in [0.4, 0.5) is 0 Å². The first-order chi connectivity index (χ1) is 8.69. The summed E-state index contributed by atoms with van der Waals surface area (Å²) in [6.07, 6.45) is 0.802. The summed E-state index contributed by atoms with van der Waals surface area (Å²) in [5, 5.41) is 0. The van der Waals surface area contributed by atoms with Crippen LogP contribution in [-0.2, 0) is 6.61 Å². The Morgan fingerprint density at radius 3 is 2.67 bits per heavy atom. The molecule has 0 aliphatic heterocycles. The van der Waals surface area contributed by atoms with E-state index >= 15 is 0 Å². The maximum absolute atomic E-state index is 10.8. The molecule has 0 aromatic heterocycles. The van der Waals surface area contributed by atoms with Crippen molar-refractivity contribution in [2.75, 3.05) is 0 Å². The van der Waals surface area contributed by atoms with Gasteiger partial charge < -0.3 is 4.74 Å². The quantitative estimate of drug-likeness (QED) is 0.736. The standard InChI is InChI=1S/C14H10Br2O2/c15-12-3-1-2-10(6-12)9-18-13-4-5-14(16)11(7-13)8-17/h1-8H,9H2. The van der Waals surface area contributed by atoms with Gasteiger partial charge in [-0.15, -0.1) is 0 Å². The van der Waals surface area contributed by atoms with Crippen LogP contribution in [0, 0.1) is 0 Å². The van der Waals surface area contributed by atoms with Gasteiger partial charge in [-0.25, -0.2) is 0 Å². The van der Waals surface area contributed by atoms with Gasteiger partial charge in [0.2, 0.25) is 0 Å². The van der Waals surface area contributed by atoms with Gasteiger partial charge in [0.05, 0.1) is 0 Å². The Balaban J connectivity index is 2.08. The summed E-state index contributed by atoms with van der Waals surface area (Å²) in [4.78, 5) is 10.8. The Kier molecular flexibility index (Phi) is 4.55. The molecule has 0 spiro atoms. The second kappa shape index (κ2) is 6.16. The number of rotatable bonds is 4. The molecule has 2 nitrogen and oxygen atoms in total. The van der Waals surface area contributed by atoms with Crippen molar-refractivity contribution in [3.63, 3.8) is 0 Å². The lowest BCUT2D eigenvalue weighted by Gasteiger charge is -2.07. The summed E-state index contributed by atoms with van der Waals surface area (Å²) in [6, 6.07) is 13.3. The highest BCUT2D eigenvalue weighted by Crippen LogP contribution is 2.22. The fourth-order valence-electron chi connectivity index (χ4n) is 1.50. The monoisotopic (exact) mass is 368 g/mol. The molecule has 0 atom stereocenters. The molecule has 2 rings (SSSR count). The molecule has 0 aliphatic rings. The highest BCUT2D eigenvalue weighted by Gasteiger charge is 2.02. The molecule has 4 heteroatoms. The lowest BCUT2D eigenvalue weighted by Crippen LogP contribution is -1.96. The summed E-state index contributed by atoms with van der Waals surface area (Å²) < 4.78 is 7.44. The van der Waals surface area contributed by atoms with E-state index in [0.717, 1.165) is 20.8 Å². The van der Waals surface area contributed by atoms with E-state index in [1.54, 1.807) is 12.1 Å². The van der Waals surface area contributed by atoms with Crippen LogP contribution >= 0.6 is 31.9 Å². The molecule has 0 aliphatic carbocycles. The van der Waals surface area contributed by atoms with Crippen LogP contribution in [0.5, 0.6) is 5.75 Å². The van der Waals surface area contributed by atoms with Crippen molar-refractivity contribution in [3.05, 3.63) is 62.5 Å². The molecule has 2 aromatic rings. The Morgan fingerprint density at radius 1 is 1.11 bits per heavy atom. The molecule has 2 aromatic carbocycles. The highest BCUT2D eigenvalue weighted by atomic mass is 79.9. The van der Waals surface area contributed by atoms with E-state index in [2.05, 4.69) is 31.9 Å². The normalized spacial score (nSPS) is 10.1. The molecule has 0 N–H and O–H groups in total. The molecule has 0 fully saturated rings. The van der Waals surface area contributed by atoms with Crippen LogP contribution in [0.1, 0.15) is 15.9 Å². The number of benzene rings is 2. The fraction of sp³-hybridized carbons (Fsp3) is 0.0714. The van der Waals surface area contributed by atoms with Crippen LogP contribution in [-0.4, -0.2) is 6.29 Å². The van der Waals surface area contributed by atoms with E-state index in [9.17, 15) is 4.79 Å². The third-order valence-corrected chi connectivity index (χ3v) is 3.60. The van der Waals surface area contributed by atoms with Crippen molar-refractivity contribution in [3.8, 4) is 5.75 Å². The van der Waals surface area contributed by atoms with E-state index in [4.69, 9.17) is 4.74 Å². The van der Waals surface area contributed by atoms with Gasteiger partial charge in [-0.3, -0.25) is 4.79 Å². The average molecular weight is 370 g/mol. The number of halogens is 2. The molecule has 0 amide bonds. The second-order valence-electron chi connectivity index (χ2n) is 3.72. The number of hydrogen-bond acceptors (Lipinski definition) is 2. The van der Waals surface area contributed by atoms with E-state index in [1.807, 2.05) is 30.3 Å². The van der Waals surface area contributed by atoms with Crippen molar-refractivity contribution in [2.24, 2.45) is 0 Å². The molecule has 0 saturated heterocycles. The van der Waals surface area contributed by atoms with Crippen molar-refractivity contribution < 1.29 is 9.53 Å².